The van der Waals surface area contributed by atoms with Crippen LogP contribution >= 0.6 is 18.6 Å². The first kappa shape index (κ1) is 19.3. The minimum Gasteiger partial charge on any atom is -0.466 e. The maximum atomic E-state index is 14.2. The average Bonchev–Trinajstić information content (AvgIpc) is 3.26. The molecule has 2 aromatic carbocycles. The van der Waals surface area contributed by atoms with Crippen molar-refractivity contribution in [2.45, 2.75) is 6.04 Å². The maximum absolute atomic E-state index is 14.2. The second-order valence-corrected chi connectivity index (χ2v) is 9.21. The van der Waals surface area contributed by atoms with Crippen molar-refractivity contribution in [2.75, 3.05) is 7.11 Å². The summed E-state index contributed by atoms with van der Waals surface area (Å²) in [4.78, 5) is 12.2. The van der Waals surface area contributed by atoms with E-state index >= 15 is 0 Å². The van der Waals surface area contributed by atoms with E-state index in [0.29, 0.717) is 10.6 Å². The highest BCUT2D eigenvalue weighted by molar-refractivity contribution is 7.76. The summed E-state index contributed by atoms with van der Waals surface area (Å²) in [6.45, 7) is 3.90. The van der Waals surface area contributed by atoms with E-state index in [-0.39, 0.29) is 5.57 Å². The Balaban J connectivity index is 2.10. The fourth-order valence-electron chi connectivity index (χ4n) is 2.80. The van der Waals surface area contributed by atoms with Crippen molar-refractivity contribution < 1.29 is 14.1 Å². The number of ether oxygens (including phenoxy) is 1. The third kappa shape index (κ3) is 4.11. The number of esters is 1. The van der Waals surface area contributed by atoms with Crippen LogP contribution in [-0.2, 0) is 14.1 Å². The van der Waals surface area contributed by atoms with Crippen LogP contribution < -0.4 is 15.7 Å². The third-order valence-corrected chi connectivity index (χ3v) is 7.60. The van der Waals surface area contributed by atoms with Crippen LogP contribution in [0.5, 0.6) is 0 Å². The molecule has 0 radical (unpaired) electrons. The van der Waals surface area contributed by atoms with Crippen molar-refractivity contribution in [3.05, 3.63) is 95.2 Å². The van der Waals surface area contributed by atoms with Gasteiger partial charge in [0.15, 0.2) is 0 Å². The van der Waals surface area contributed by atoms with Crippen LogP contribution in [-0.4, -0.2) is 13.1 Å². The Labute approximate surface area is 162 Å². The molecular weight excluding hydrogens is 377 g/mol. The van der Waals surface area contributed by atoms with Crippen molar-refractivity contribution >= 4 is 35.2 Å². The molecular formula is C21H20NO3PS. The monoisotopic (exact) mass is 397 g/mol. The topological polar surface area (TPSA) is 55.4 Å². The molecule has 0 saturated heterocycles. The Hall–Kier alpha value is -2.46. The molecule has 138 valence electrons. The van der Waals surface area contributed by atoms with Gasteiger partial charge in [-0.15, -0.1) is 0 Å². The molecule has 0 amide bonds. The van der Waals surface area contributed by atoms with Gasteiger partial charge in [-0.25, -0.2) is 9.88 Å². The van der Waals surface area contributed by atoms with Gasteiger partial charge in [0.05, 0.1) is 18.7 Å². The fourth-order valence-corrected chi connectivity index (χ4v) is 5.93. The van der Waals surface area contributed by atoms with Gasteiger partial charge in [-0.05, 0) is 46.7 Å². The number of benzene rings is 2. The molecule has 0 unspecified atom stereocenters. The second-order valence-electron chi connectivity index (χ2n) is 5.92. The summed E-state index contributed by atoms with van der Waals surface area (Å²) in [6, 6.07) is 19.7. The summed E-state index contributed by atoms with van der Waals surface area (Å²) in [7, 11) is -1.93. The number of hydrogen-bond donors (Lipinski definition) is 1. The van der Waals surface area contributed by atoms with Gasteiger partial charge >= 0.3 is 5.97 Å². The number of thiophene rings is 1. The van der Waals surface area contributed by atoms with Gasteiger partial charge < -0.3 is 4.74 Å². The Kier molecular flexibility index (Phi) is 6.07. The lowest BCUT2D eigenvalue weighted by molar-refractivity contribution is -0.136. The standard InChI is InChI=1S/C21H20NO3PS/c1-16(21(23)25-2)20(17-13-14-27-15-17)22-26(24,18-9-5-3-6-10-18)19-11-7-4-8-12-19/h3-15,20H,1H2,2H3,(H,22,24)/t20-/m1/s1. The molecule has 4 nitrogen and oxygen atoms in total. The predicted octanol–water partition coefficient (Wildman–Crippen LogP) is 4.04. The summed E-state index contributed by atoms with van der Waals surface area (Å²) in [5.74, 6) is -0.536. The maximum Gasteiger partial charge on any atom is 0.335 e. The van der Waals surface area contributed by atoms with Gasteiger partial charge in [-0.3, -0.25) is 4.57 Å². The van der Waals surface area contributed by atoms with Crippen LogP contribution in [0.15, 0.2) is 89.6 Å². The molecule has 3 rings (SSSR count). The van der Waals surface area contributed by atoms with E-state index in [1.54, 1.807) is 0 Å². The van der Waals surface area contributed by atoms with Crippen molar-refractivity contribution in [2.24, 2.45) is 0 Å². The summed E-state index contributed by atoms with van der Waals surface area (Å²) in [6.07, 6.45) is 0. The Morgan fingerprint density at radius 1 is 1.04 bits per heavy atom. The quantitative estimate of drug-likeness (QED) is 0.371. The van der Waals surface area contributed by atoms with Crippen molar-refractivity contribution in [1.29, 1.82) is 0 Å². The summed E-state index contributed by atoms with van der Waals surface area (Å²) in [5, 5.41) is 8.38. The lowest BCUT2D eigenvalue weighted by Crippen LogP contribution is -2.32. The Morgan fingerprint density at radius 2 is 1.59 bits per heavy atom. The zero-order valence-electron chi connectivity index (χ0n) is 14.9. The summed E-state index contributed by atoms with van der Waals surface area (Å²) in [5.41, 5.74) is 1.03. The van der Waals surface area contributed by atoms with Gasteiger partial charge in [0.2, 0.25) is 7.29 Å². The normalized spacial score (nSPS) is 12.3. The number of carbonyl (C=O) groups is 1. The van der Waals surface area contributed by atoms with E-state index in [1.807, 2.05) is 77.5 Å². The average molecular weight is 397 g/mol. The van der Waals surface area contributed by atoms with Crippen LogP contribution in [0.1, 0.15) is 11.6 Å². The van der Waals surface area contributed by atoms with Crippen molar-refractivity contribution in [3.63, 3.8) is 0 Å². The van der Waals surface area contributed by atoms with Gasteiger partial charge in [0.1, 0.15) is 0 Å². The minimum atomic E-state index is -3.24. The van der Waals surface area contributed by atoms with E-state index in [1.165, 1.54) is 18.4 Å². The zero-order chi connectivity index (χ0) is 19.3. The largest absolute Gasteiger partial charge is 0.466 e. The molecule has 6 heteroatoms. The highest BCUT2D eigenvalue weighted by Gasteiger charge is 2.33. The predicted molar refractivity (Wildman–Crippen MR) is 111 cm³/mol. The van der Waals surface area contributed by atoms with Gasteiger partial charge in [-0.1, -0.05) is 43.0 Å². The van der Waals surface area contributed by atoms with E-state index in [9.17, 15) is 9.36 Å². The first-order valence-corrected chi connectivity index (χ1v) is 11.0. The number of hydrogen-bond acceptors (Lipinski definition) is 4. The summed E-state index contributed by atoms with van der Waals surface area (Å²) < 4.78 is 19.1. The number of nitrogens with one attached hydrogen (secondary N) is 1. The van der Waals surface area contributed by atoms with E-state index < -0.39 is 19.3 Å². The zero-order valence-corrected chi connectivity index (χ0v) is 16.6. The lowest BCUT2D eigenvalue weighted by atomic mass is 10.0. The van der Waals surface area contributed by atoms with Crippen molar-refractivity contribution in [1.82, 2.24) is 5.09 Å². The van der Waals surface area contributed by atoms with E-state index in [2.05, 4.69) is 11.7 Å². The van der Waals surface area contributed by atoms with Crippen LogP contribution in [0.25, 0.3) is 0 Å². The van der Waals surface area contributed by atoms with Gasteiger partial charge in [-0.2, -0.15) is 11.3 Å². The van der Waals surface area contributed by atoms with Gasteiger partial charge in [0.25, 0.3) is 0 Å². The molecule has 27 heavy (non-hydrogen) atoms. The number of methoxy groups -OCH3 is 1. The minimum absolute atomic E-state index is 0.211. The lowest BCUT2D eigenvalue weighted by Gasteiger charge is -2.27. The molecule has 0 saturated carbocycles. The number of rotatable bonds is 7. The van der Waals surface area contributed by atoms with Gasteiger partial charge in [0, 0.05) is 10.6 Å². The van der Waals surface area contributed by atoms with Crippen LogP contribution in [0.4, 0.5) is 0 Å². The van der Waals surface area contributed by atoms with E-state index in [4.69, 9.17) is 4.74 Å². The molecule has 0 spiro atoms. The number of carbonyl (C=O) groups excluding carboxylic acids is 1. The third-order valence-electron chi connectivity index (χ3n) is 4.22. The fraction of sp³-hybridized carbons (Fsp3) is 0.0952. The molecule has 0 fully saturated rings. The Bertz CT molecular complexity index is 912. The highest BCUT2D eigenvalue weighted by Crippen LogP contribution is 2.43. The first-order chi connectivity index (χ1) is 13.1. The molecule has 0 aliphatic carbocycles. The molecule has 1 aromatic heterocycles. The molecule has 1 N–H and O–H groups in total. The molecule has 0 aliphatic rings. The second kappa shape index (κ2) is 8.49. The SMILES string of the molecule is C=C(C(=O)OC)[C@@H](NP(=O)(c1ccccc1)c1ccccc1)c1ccsc1. The van der Waals surface area contributed by atoms with Crippen molar-refractivity contribution in [3.8, 4) is 0 Å². The summed E-state index contributed by atoms with van der Waals surface area (Å²) >= 11 is 1.50. The highest BCUT2D eigenvalue weighted by atomic mass is 32.1. The van der Waals surface area contributed by atoms with Crippen LogP contribution in [0, 0.1) is 0 Å². The molecule has 3 aromatic rings. The first-order valence-electron chi connectivity index (χ1n) is 8.34. The van der Waals surface area contributed by atoms with Crippen LogP contribution in [0.2, 0.25) is 0 Å². The molecule has 1 atom stereocenters. The smallest absolute Gasteiger partial charge is 0.335 e. The van der Waals surface area contributed by atoms with Crippen LogP contribution in [0.3, 0.4) is 0 Å². The van der Waals surface area contributed by atoms with E-state index in [0.717, 1.165) is 5.56 Å². The molecule has 0 aliphatic heterocycles. The molecule has 1 heterocycles. The Morgan fingerprint density at radius 3 is 2.04 bits per heavy atom. The molecule has 0 bridgehead atoms.